The van der Waals surface area contributed by atoms with E-state index in [0.717, 1.165) is 0 Å². The van der Waals surface area contributed by atoms with Gasteiger partial charge in [-0.15, -0.1) is 0 Å². The Balaban J connectivity index is 2.96. The lowest BCUT2D eigenvalue weighted by Crippen LogP contribution is -2.45. The fourth-order valence-electron chi connectivity index (χ4n) is 1.35. The second-order valence-electron chi connectivity index (χ2n) is 3.75. The molecule has 0 aromatic heterocycles. The molecule has 0 aliphatic heterocycles. The maximum atomic E-state index is 12.6. The minimum absolute atomic E-state index is 0.0806. The molecule has 1 rings (SSSR count). The zero-order valence-corrected chi connectivity index (χ0v) is 11.2. The number of hydrogen-bond acceptors (Lipinski definition) is 4. The van der Waals surface area contributed by atoms with Crippen LogP contribution in [0, 0.1) is 5.41 Å². The smallest absolute Gasteiger partial charge is 0.431 e. The molecule has 0 amide bonds. The van der Waals surface area contributed by atoms with Crippen LogP contribution in [0.1, 0.15) is 6.92 Å². The number of nitrogens with one attached hydrogen (secondary N) is 2. The van der Waals surface area contributed by atoms with E-state index in [4.69, 9.17) is 17.0 Å². The number of halogens is 4. The minimum Gasteiger partial charge on any atom is -0.464 e. The quantitative estimate of drug-likeness (QED) is 0.648. The number of esters is 1. The highest BCUT2D eigenvalue weighted by molar-refractivity contribution is 6.30. The van der Waals surface area contributed by atoms with Gasteiger partial charge in [-0.05, 0) is 31.2 Å². The van der Waals surface area contributed by atoms with Gasteiger partial charge in [-0.2, -0.15) is 13.2 Å². The second-order valence-corrected chi connectivity index (χ2v) is 4.18. The molecule has 8 heteroatoms. The van der Waals surface area contributed by atoms with Gasteiger partial charge in [0, 0.05) is 10.7 Å². The zero-order chi connectivity index (χ0) is 15.3. The number of rotatable bonds is 5. The third-order valence-corrected chi connectivity index (χ3v) is 2.52. The summed E-state index contributed by atoms with van der Waals surface area (Å²) in [6.45, 7) is 1.39. The maximum Gasteiger partial charge on any atom is 0.431 e. The third kappa shape index (κ3) is 4.41. The number of alkyl halides is 3. The summed E-state index contributed by atoms with van der Waals surface area (Å²) in [5, 5.41) is 9.80. The van der Waals surface area contributed by atoms with E-state index < -0.39 is 23.9 Å². The van der Waals surface area contributed by atoms with Crippen LogP contribution in [0.3, 0.4) is 0 Å². The van der Waals surface area contributed by atoms with E-state index in [-0.39, 0.29) is 12.3 Å². The molecule has 0 aliphatic carbocycles. The van der Waals surface area contributed by atoms with E-state index in [0.29, 0.717) is 5.02 Å². The van der Waals surface area contributed by atoms with Crippen molar-refractivity contribution in [1.29, 1.82) is 5.41 Å². The molecular formula is C12H12ClF3N2O2. The van der Waals surface area contributed by atoms with Gasteiger partial charge in [0.1, 0.15) is 5.71 Å². The molecule has 0 bridgehead atoms. The van der Waals surface area contributed by atoms with Crippen LogP contribution in [0.4, 0.5) is 18.9 Å². The molecule has 0 saturated heterocycles. The Kier molecular flexibility index (Phi) is 5.38. The van der Waals surface area contributed by atoms with Gasteiger partial charge in [0.2, 0.25) is 0 Å². The molecular weight excluding hydrogens is 297 g/mol. The Labute approximate surface area is 118 Å². The van der Waals surface area contributed by atoms with Crippen molar-refractivity contribution in [1.82, 2.24) is 0 Å². The Morgan fingerprint density at radius 3 is 2.40 bits per heavy atom. The molecule has 1 atom stereocenters. The van der Waals surface area contributed by atoms with Crippen LogP contribution >= 0.6 is 11.6 Å². The summed E-state index contributed by atoms with van der Waals surface area (Å²) in [6.07, 6.45) is -4.92. The highest BCUT2D eigenvalue weighted by atomic mass is 35.5. The average molecular weight is 309 g/mol. The lowest BCUT2D eigenvalue weighted by molar-refractivity contribution is -0.143. The molecule has 4 nitrogen and oxygen atoms in total. The summed E-state index contributed by atoms with van der Waals surface area (Å²) in [4.78, 5) is 11.6. The SMILES string of the molecule is CCOC(=O)C(Nc1ccc(Cl)cc1)C(=N)C(F)(F)F. The molecule has 0 saturated carbocycles. The Bertz CT molecular complexity index is 488. The van der Waals surface area contributed by atoms with Crippen molar-refractivity contribution in [2.45, 2.75) is 19.1 Å². The maximum absolute atomic E-state index is 12.6. The van der Waals surface area contributed by atoms with Crippen LogP contribution < -0.4 is 5.32 Å². The highest BCUT2D eigenvalue weighted by Gasteiger charge is 2.43. The lowest BCUT2D eigenvalue weighted by Gasteiger charge is -2.20. The topological polar surface area (TPSA) is 62.2 Å². The molecule has 2 N–H and O–H groups in total. The van der Waals surface area contributed by atoms with Gasteiger partial charge in [-0.25, -0.2) is 4.79 Å². The van der Waals surface area contributed by atoms with Crippen molar-refractivity contribution < 1.29 is 22.7 Å². The molecule has 0 aliphatic rings. The first kappa shape index (κ1) is 16.3. The van der Waals surface area contributed by atoms with Crippen LogP contribution in [0.2, 0.25) is 5.02 Å². The first-order valence-corrected chi connectivity index (χ1v) is 5.98. The van der Waals surface area contributed by atoms with Crippen molar-refractivity contribution in [2.24, 2.45) is 0 Å². The predicted octanol–water partition coefficient (Wildman–Crippen LogP) is 3.27. The third-order valence-electron chi connectivity index (χ3n) is 2.27. The number of ether oxygens (including phenoxy) is 1. The predicted molar refractivity (Wildman–Crippen MR) is 69.3 cm³/mol. The van der Waals surface area contributed by atoms with Gasteiger partial charge < -0.3 is 10.1 Å². The summed E-state index contributed by atoms with van der Waals surface area (Å²) in [7, 11) is 0. The van der Waals surface area contributed by atoms with E-state index in [1.54, 1.807) is 0 Å². The molecule has 1 unspecified atom stereocenters. The van der Waals surface area contributed by atoms with Gasteiger partial charge in [0.15, 0.2) is 6.04 Å². The fraction of sp³-hybridized carbons (Fsp3) is 0.333. The minimum atomic E-state index is -4.92. The number of carbonyl (C=O) groups is 1. The largest absolute Gasteiger partial charge is 0.464 e. The van der Waals surface area contributed by atoms with Crippen molar-refractivity contribution >= 4 is 29.0 Å². The normalized spacial score (nSPS) is 12.7. The molecule has 20 heavy (non-hydrogen) atoms. The van der Waals surface area contributed by atoms with E-state index in [1.165, 1.54) is 31.2 Å². The molecule has 0 heterocycles. The first-order chi connectivity index (χ1) is 9.25. The number of benzene rings is 1. The summed E-state index contributed by atoms with van der Waals surface area (Å²) in [5.74, 6) is -1.16. The Hall–Kier alpha value is -1.76. The van der Waals surface area contributed by atoms with Crippen molar-refractivity contribution in [3.05, 3.63) is 29.3 Å². The number of carbonyl (C=O) groups excluding carboxylic acids is 1. The van der Waals surface area contributed by atoms with E-state index in [1.807, 2.05) is 0 Å². The van der Waals surface area contributed by atoms with Gasteiger partial charge in [0.05, 0.1) is 6.61 Å². The molecule has 1 aromatic carbocycles. The molecule has 0 fully saturated rings. The number of hydrogen-bond donors (Lipinski definition) is 2. The Morgan fingerprint density at radius 2 is 1.95 bits per heavy atom. The standard InChI is InChI=1S/C12H12ClF3N2O2/c1-2-20-11(19)9(10(17)12(14,15)16)18-8-5-3-7(13)4-6-8/h3-6,9,17-18H,2H2,1H3. The van der Waals surface area contributed by atoms with Crippen LogP contribution in [0.15, 0.2) is 24.3 Å². The molecule has 0 radical (unpaired) electrons. The summed E-state index contributed by atoms with van der Waals surface area (Å²) < 4.78 is 42.3. The van der Waals surface area contributed by atoms with Crippen LogP contribution in [0.25, 0.3) is 0 Å². The first-order valence-electron chi connectivity index (χ1n) is 5.60. The van der Waals surface area contributed by atoms with Crippen molar-refractivity contribution in [3.63, 3.8) is 0 Å². The second kappa shape index (κ2) is 6.60. The average Bonchev–Trinajstić information content (AvgIpc) is 2.36. The molecule has 0 spiro atoms. The van der Waals surface area contributed by atoms with E-state index >= 15 is 0 Å². The summed E-state index contributed by atoms with van der Waals surface area (Å²) in [6, 6.07) is 3.78. The van der Waals surface area contributed by atoms with Gasteiger partial charge in [-0.3, -0.25) is 5.41 Å². The van der Waals surface area contributed by atoms with Gasteiger partial charge in [0.25, 0.3) is 0 Å². The van der Waals surface area contributed by atoms with Crippen LogP contribution in [0.5, 0.6) is 0 Å². The lowest BCUT2D eigenvalue weighted by atomic mass is 10.1. The van der Waals surface area contributed by atoms with Crippen LogP contribution in [-0.2, 0) is 9.53 Å². The summed E-state index contributed by atoms with van der Waals surface area (Å²) >= 11 is 5.65. The molecule has 110 valence electrons. The number of anilines is 1. The monoisotopic (exact) mass is 308 g/mol. The van der Waals surface area contributed by atoms with Gasteiger partial charge in [-0.1, -0.05) is 11.6 Å². The van der Waals surface area contributed by atoms with Crippen molar-refractivity contribution in [2.75, 3.05) is 11.9 Å². The summed E-state index contributed by atoms with van der Waals surface area (Å²) in [5.41, 5.74) is -1.49. The zero-order valence-electron chi connectivity index (χ0n) is 10.4. The molecule has 1 aromatic rings. The fourth-order valence-corrected chi connectivity index (χ4v) is 1.48. The van der Waals surface area contributed by atoms with Gasteiger partial charge >= 0.3 is 12.1 Å². The van der Waals surface area contributed by atoms with Crippen LogP contribution in [-0.4, -0.2) is 30.5 Å². The van der Waals surface area contributed by atoms with E-state index in [9.17, 15) is 18.0 Å². The van der Waals surface area contributed by atoms with Crippen molar-refractivity contribution in [3.8, 4) is 0 Å². The highest BCUT2D eigenvalue weighted by Crippen LogP contribution is 2.22. The van der Waals surface area contributed by atoms with E-state index in [2.05, 4.69) is 10.1 Å². The Morgan fingerprint density at radius 1 is 1.40 bits per heavy atom.